The zero-order valence-electron chi connectivity index (χ0n) is 8.83. The maximum absolute atomic E-state index is 10.9. The first-order chi connectivity index (χ1) is 7.02. The Morgan fingerprint density at radius 2 is 2.13 bits per heavy atom. The lowest BCUT2D eigenvalue weighted by Crippen LogP contribution is -2.30. The standard InChI is InChI=1S/C9H18N2OS3/c1-10(9(12)14)8(13)3-2-6-11(15)7-4-5-7/h7-8,13,15H,2-6H2,1H3,(H,12,14). The summed E-state index contributed by atoms with van der Waals surface area (Å²) in [6, 6.07) is 0.677. The van der Waals surface area contributed by atoms with Crippen LogP contribution >= 0.6 is 38.1 Å². The Labute approximate surface area is 108 Å². The molecule has 1 rings (SSSR count). The summed E-state index contributed by atoms with van der Waals surface area (Å²) >= 11 is 12.5. The van der Waals surface area contributed by atoms with Gasteiger partial charge in [-0.3, -0.25) is 9.10 Å². The Hall–Kier alpha value is 0.480. The number of amides is 1. The quantitative estimate of drug-likeness (QED) is 0.507. The summed E-state index contributed by atoms with van der Waals surface area (Å²) < 4.78 is 2.09. The molecule has 88 valence electrons. The first-order valence-corrected chi connectivity index (χ1v) is 6.48. The average molecular weight is 266 g/mol. The predicted molar refractivity (Wildman–Crippen MR) is 72.9 cm³/mol. The number of thiol groups is 3. The lowest BCUT2D eigenvalue weighted by molar-refractivity contribution is 0.228. The summed E-state index contributed by atoms with van der Waals surface area (Å²) in [5.41, 5.74) is 0. The van der Waals surface area contributed by atoms with Crippen molar-refractivity contribution in [2.24, 2.45) is 0 Å². The normalized spacial score (nSPS) is 17.9. The minimum absolute atomic E-state index is 0.0454. The van der Waals surface area contributed by atoms with Crippen LogP contribution in [0.5, 0.6) is 0 Å². The third-order valence-corrected chi connectivity index (χ3v) is 4.01. The Morgan fingerprint density at radius 1 is 1.53 bits per heavy atom. The molecule has 0 aromatic carbocycles. The second kappa shape index (κ2) is 6.27. The molecular weight excluding hydrogens is 248 g/mol. The molecule has 0 bridgehead atoms. The van der Waals surface area contributed by atoms with Gasteiger partial charge >= 0.3 is 0 Å². The second-order valence-corrected chi connectivity index (χ2v) is 5.40. The molecule has 1 amide bonds. The van der Waals surface area contributed by atoms with Crippen LogP contribution in [0.4, 0.5) is 4.79 Å². The van der Waals surface area contributed by atoms with Crippen molar-refractivity contribution in [1.82, 2.24) is 9.21 Å². The van der Waals surface area contributed by atoms with Crippen molar-refractivity contribution in [3.63, 3.8) is 0 Å². The lowest BCUT2D eigenvalue weighted by atomic mass is 10.3. The van der Waals surface area contributed by atoms with Crippen molar-refractivity contribution in [2.75, 3.05) is 13.6 Å². The maximum Gasteiger partial charge on any atom is 0.279 e. The van der Waals surface area contributed by atoms with Crippen molar-refractivity contribution >= 4 is 43.3 Å². The van der Waals surface area contributed by atoms with Gasteiger partial charge in [-0.05, 0) is 25.7 Å². The van der Waals surface area contributed by atoms with Crippen LogP contribution in [0, 0.1) is 0 Å². The molecule has 1 aliphatic carbocycles. The van der Waals surface area contributed by atoms with E-state index in [0.29, 0.717) is 6.04 Å². The zero-order valence-corrected chi connectivity index (χ0v) is 11.5. The highest BCUT2D eigenvalue weighted by atomic mass is 32.1. The van der Waals surface area contributed by atoms with E-state index in [4.69, 9.17) is 0 Å². The van der Waals surface area contributed by atoms with Crippen LogP contribution in [0.25, 0.3) is 0 Å². The number of hydrogen-bond donors (Lipinski definition) is 3. The highest BCUT2D eigenvalue weighted by molar-refractivity contribution is 7.96. The molecule has 0 aliphatic heterocycles. The van der Waals surface area contributed by atoms with Crippen molar-refractivity contribution in [3.05, 3.63) is 0 Å². The molecule has 15 heavy (non-hydrogen) atoms. The van der Waals surface area contributed by atoms with Gasteiger partial charge in [0.25, 0.3) is 5.24 Å². The van der Waals surface area contributed by atoms with E-state index in [0.717, 1.165) is 19.4 Å². The number of rotatable bonds is 6. The van der Waals surface area contributed by atoms with E-state index in [-0.39, 0.29) is 10.6 Å². The summed E-state index contributed by atoms with van der Waals surface area (Å²) in [6.45, 7) is 0.958. The number of hydrogen-bond acceptors (Lipinski definition) is 4. The second-order valence-electron chi connectivity index (χ2n) is 3.91. The third-order valence-electron chi connectivity index (χ3n) is 2.57. The van der Waals surface area contributed by atoms with Gasteiger partial charge < -0.3 is 4.90 Å². The molecule has 0 spiro atoms. The van der Waals surface area contributed by atoms with Gasteiger partial charge in [-0.15, -0.1) is 0 Å². The highest BCUT2D eigenvalue weighted by Crippen LogP contribution is 2.28. The van der Waals surface area contributed by atoms with Gasteiger partial charge in [0.1, 0.15) is 0 Å². The van der Waals surface area contributed by atoms with Crippen molar-refractivity contribution in [2.45, 2.75) is 37.1 Å². The molecule has 0 heterocycles. The molecule has 1 aliphatic rings. The predicted octanol–water partition coefficient (Wildman–Crippen LogP) is 2.31. The minimum Gasteiger partial charge on any atom is -0.325 e. The largest absolute Gasteiger partial charge is 0.325 e. The Morgan fingerprint density at radius 3 is 2.60 bits per heavy atom. The first kappa shape index (κ1) is 13.5. The molecule has 0 N–H and O–H groups in total. The highest BCUT2D eigenvalue weighted by Gasteiger charge is 2.26. The van der Waals surface area contributed by atoms with Gasteiger partial charge in [0.15, 0.2) is 0 Å². The van der Waals surface area contributed by atoms with Gasteiger partial charge in [-0.25, -0.2) is 0 Å². The lowest BCUT2D eigenvalue weighted by Gasteiger charge is -2.23. The summed E-state index contributed by atoms with van der Waals surface area (Å²) in [5, 5.41) is -0.282. The maximum atomic E-state index is 10.9. The fraction of sp³-hybridized carbons (Fsp3) is 0.889. The van der Waals surface area contributed by atoms with Gasteiger partial charge in [0.05, 0.1) is 5.37 Å². The molecule has 3 nitrogen and oxygen atoms in total. The number of carbonyl (C=O) groups is 1. The summed E-state index contributed by atoms with van der Waals surface area (Å²) in [4.78, 5) is 12.5. The molecule has 1 atom stereocenters. The van der Waals surface area contributed by atoms with E-state index in [9.17, 15) is 4.79 Å². The van der Waals surface area contributed by atoms with E-state index in [1.807, 2.05) is 0 Å². The van der Waals surface area contributed by atoms with Gasteiger partial charge in [0, 0.05) is 19.6 Å². The Bertz CT molecular complexity index is 223. The average Bonchev–Trinajstić information content (AvgIpc) is 2.99. The molecular formula is C9H18N2OS3. The van der Waals surface area contributed by atoms with Crippen molar-refractivity contribution in [1.29, 1.82) is 0 Å². The molecule has 0 aromatic heterocycles. The van der Waals surface area contributed by atoms with Crippen LogP contribution < -0.4 is 0 Å². The van der Waals surface area contributed by atoms with E-state index >= 15 is 0 Å². The van der Waals surface area contributed by atoms with Gasteiger partial charge in [0.2, 0.25) is 0 Å². The Balaban J connectivity index is 2.10. The molecule has 1 saturated carbocycles. The number of nitrogens with zero attached hydrogens (tertiary/aromatic N) is 2. The smallest absolute Gasteiger partial charge is 0.279 e. The van der Waals surface area contributed by atoms with Gasteiger partial charge in [-0.2, -0.15) is 12.6 Å². The van der Waals surface area contributed by atoms with E-state index in [1.54, 1.807) is 7.05 Å². The van der Waals surface area contributed by atoms with Crippen molar-refractivity contribution < 1.29 is 4.79 Å². The topological polar surface area (TPSA) is 23.6 Å². The van der Waals surface area contributed by atoms with E-state index < -0.39 is 0 Å². The summed E-state index contributed by atoms with van der Waals surface area (Å²) in [5.74, 6) is 0. The van der Waals surface area contributed by atoms with Crippen LogP contribution in [0.1, 0.15) is 25.7 Å². The summed E-state index contributed by atoms with van der Waals surface area (Å²) in [6.07, 6.45) is 4.40. The molecule has 1 fully saturated rings. The van der Waals surface area contributed by atoms with Crippen LogP contribution in [-0.2, 0) is 0 Å². The molecule has 6 heteroatoms. The van der Waals surface area contributed by atoms with E-state index in [2.05, 4.69) is 42.4 Å². The SMILES string of the molecule is CN(C(=O)S)C(S)CCCN(S)C1CC1. The fourth-order valence-corrected chi connectivity index (χ4v) is 2.20. The first-order valence-electron chi connectivity index (χ1n) is 5.11. The van der Waals surface area contributed by atoms with Crippen LogP contribution in [0.15, 0.2) is 0 Å². The minimum atomic E-state index is -0.236. The van der Waals surface area contributed by atoms with Crippen LogP contribution in [-0.4, -0.2) is 39.5 Å². The van der Waals surface area contributed by atoms with E-state index in [1.165, 1.54) is 17.7 Å². The third kappa shape index (κ3) is 4.89. The molecule has 0 aromatic rings. The van der Waals surface area contributed by atoms with Crippen molar-refractivity contribution in [3.8, 4) is 0 Å². The summed E-state index contributed by atoms with van der Waals surface area (Å²) in [7, 11) is 1.71. The fourth-order valence-electron chi connectivity index (χ4n) is 1.31. The molecule has 0 saturated heterocycles. The Kier molecular flexibility index (Phi) is 5.66. The zero-order chi connectivity index (χ0) is 11.4. The molecule has 0 radical (unpaired) electrons. The molecule has 1 unspecified atom stereocenters. The van der Waals surface area contributed by atoms with Crippen LogP contribution in [0.3, 0.4) is 0 Å². The van der Waals surface area contributed by atoms with Crippen LogP contribution in [0.2, 0.25) is 0 Å². The van der Waals surface area contributed by atoms with Gasteiger partial charge in [-0.1, -0.05) is 25.4 Å². The monoisotopic (exact) mass is 266 g/mol. The number of carbonyl (C=O) groups excluding carboxylic acids is 1.